The highest BCUT2D eigenvalue weighted by molar-refractivity contribution is 7.47. The number of carbonyl (C=O) groups is 1. The molecule has 42 heavy (non-hydrogen) atoms. The molecule has 0 aliphatic heterocycles. The van der Waals surface area contributed by atoms with Gasteiger partial charge in [0.2, 0.25) is 0 Å². The number of rotatable bonds is 28. The maximum Gasteiger partial charge on any atom is 0.472 e. The third-order valence-electron chi connectivity index (χ3n) is 6.15. The van der Waals surface area contributed by atoms with E-state index in [0.717, 1.165) is 57.8 Å². The molecular formula is C33H61NO7P+. The van der Waals surface area contributed by atoms with Gasteiger partial charge in [-0.1, -0.05) is 94.6 Å². The molecule has 0 spiro atoms. The highest BCUT2D eigenvalue weighted by Crippen LogP contribution is 2.43. The molecule has 0 rings (SSSR count). The van der Waals surface area contributed by atoms with Crippen LogP contribution in [0.3, 0.4) is 0 Å². The second-order valence-electron chi connectivity index (χ2n) is 11.5. The summed E-state index contributed by atoms with van der Waals surface area (Å²) in [6, 6.07) is 0. The van der Waals surface area contributed by atoms with Crippen molar-refractivity contribution in [3.8, 4) is 0 Å². The number of nitrogens with zero attached hydrogens (tertiary/aromatic N) is 1. The molecule has 0 saturated heterocycles. The summed E-state index contributed by atoms with van der Waals surface area (Å²) in [7, 11) is 1.62. The zero-order valence-corrected chi connectivity index (χ0v) is 28.1. The number of likely N-dealkylation sites (N-methyl/N-ethyl adjacent to an activating group) is 1. The van der Waals surface area contributed by atoms with Crippen molar-refractivity contribution in [3.05, 3.63) is 48.6 Å². The van der Waals surface area contributed by atoms with Crippen LogP contribution in [0.1, 0.15) is 97.3 Å². The lowest BCUT2D eigenvalue weighted by atomic mass is 10.1. The van der Waals surface area contributed by atoms with E-state index in [2.05, 4.69) is 62.5 Å². The van der Waals surface area contributed by atoms with Gasteiger partial charge in [-0.3, -0.25) is 13.8 Å². The number of allylic oxidation sites excluding steroid dienone is 8. The van der Waals surface area contributed by atoms with Gasteiger partial charge in [-0.05, 0) is 44.9 Å². The van der Waals surface area contributed by atoms with E-state index in [9.17, 15) is 14.3 Å². The van der Waals surface area contributed by atoms with E-state index < -0.39 is 13.9 Å². The molecule has 0 heterocycles. The molecule has 244 valence electrons. The first-order valence-electron chi connectivity index (χ1n) is 15.9. The van der Waals surface area contributed by atoms with Gasteiger partial charge >= 0.3 is 13.8 Å². The summed E-state index contributed by atoms with van der Waals surface area (Å²) in [5.74, 6) is -0.346. The van der Waals surface area contributed by atoms with Crippen molar-refractivity contribution in [2.24, 2.45) is 0 Å². The molecule has 1 N–H and O–H groups in total. The van der Waals surface area contributed by atoms with Crippen molar-refractivity contribution in [1.82, 2.24) is 0 Å². The van der Waals surface area contributed by atoms with Crippen LogP contribution in [0.15, 0.2) is 48.6 Å². The fourth-order valence-electron chi connectivity index (χ4n) is 3.67. The third-order valence-corrected chi connectivity index (χ3v) is 7.14. The lowest BCUT2D eigenvalue weighted by molar-refractivity contribution is -0.870. The van der Waals surface area contributed by atoms with Crippen LogP contribution in [-0.2, 0) is 27.9 Å². The van der Waals surface area contributed by atoms with Crippen LogP contribution in [0.2, 0.25) is 0 Å². The zero-order chi connectivity index (χ0) is 31.4. The Labute approximate surface area is 257 Å². The quantitative estimate of drug-likeness (QED) is 0.0313. The predicted octanol–water partition coefficient (Wildman–Crippen LogP) is 8.09. The number of phosphoric ester groups is 1. The van der Waals surface area contributed by atoms with Crippen molar-refractivity contribution < 1.29 is 37.3 Å². The highest BCUT2D eigenvalue weighted by atomic mass is 31.2. The minimum Gasteiger partial charge on any atom is -0.457 e. The van der Waals surface area contributed by atoms with Crippen molar-refractivity contribution in [3.63, 3.8) is 0 Å². The first-order chi connectivity index (χ1) is 20.1. The number of carbonyl (C=O) groups excluding carboxylic acids is 1. The number of phosphoric acid groups is 1. The summed E-state index contributed by atoms with van der Waals surface area (Å²) in [5, 5.41) is 0. The van der Waals surface area contributed by atoms with Gasteiger partial charge in [0.05, 0.1) is 34.4 Å². The molecule has 0 radical (unpaired) electrons. The topological polar surface area (TPSA) is 91.3 Å². The standard InChI is InChI=1S/C33H60NO7P/c1-6-8-10-12-14-15-16-17-18-19-20-21-23-25-28-38-30-32(41-33(35)26-24-22-13-11-9-7-2)31-40-42(36,37)39-29-27-34(3,4)5/h8,10,14-15,17-18,20-21,32H,6-7,9,11-13,16,19,22-31H2,1-5H3/p+1/b10-8-,15-14-,18-17-,21-20-. The molecule has 8 nitrogen and oxygen atoms in total. The Bertz CT molecular complexity index is 818. The lowest BCUT2D eigenvalue weighted by Gasteiger charge is -2.24. The Hall–Kier alpha value is -1.54. The molecule has 9 heteroatoms. The van der Waals surface area contributed by atoms with Gasteiger partial charge in [0, 0.05) is 13.0 Å². The maximum atomic E-state index is 12.4. The van der Waals surface area contributed by atoms with Gasteiger partial charge in [-0.2, -0.15) is 0 Å². The summed E-state index contributed by atoms with van der Waals surface area (Å²) in [5.41, 5.74) is 0. The molecule has 0 fully saturated rings. The summed E-state index contributed by atoms with van der Waals surface area (Å²) in [4.78, 5) is 22.5. The Kier molecular flexibility index (Phi) is 26.0. The van der Waals surface area contributed by atoms with Gasteiger partial charge in [-0.25, -0.2) is 4.57 Å². The Morgan fingerprint density at radius 2 is 1.36 bits per heavy atom. The molecule has 0 amide bonds. The summed E-state index contributed by atoms with van der Waals surface area (Å²) >= 11 is 0. The minimum atomic E-state index is -4.27. The number of quaternary nitrogens is 1. The van der Waals surface area contributed by atoms with Crippen LogP contribution in [-0.4, -0.2) is 75.6 Å². The van der Waals surface area contributed by atoms with Crippen molar-refractivity contribution >= 4 is 13.8 Å². The normalized spacial score (nSPS) is 14.9. The van der Waals surface area contributed by atoms with Crippen LogP contribution in [0.4, 0.5) is 0 Å². The number of esters is 1. The van der Waals surface area contributed by atoms with Crippen LogP contribution < -0.4 is 0 Å². The number of hydrogen-bond donors (Lipinski definition) is 1. The molecular weight excluding hydrogens is 553 g/mol. The van der Waals surface area contributed by atoms with Gasteiger partial charge < -0.3 is 18.9 Å². The van der Waals surface area contributed by atoms with E-state index in [0.29, 0.717) is 24.1 Å². The Balaban J connectivity index is 4.43. The van der Waals surface area contributed by atoms with E-state index in [1.54, 1.807) is 0 Å². The van der Waals surface area contributed by atoms with E-state index >= 15 is 0 Å². The van der Waals surface area contributed by atoms with E-state index in [1.165, 1.54) is 19.3 Å². The van der Waals surface area contributed by atoms with E-state index in [-0.39, 0.29) is 25.8 Å². The van der Waals surface area contributed by atoms with Crippen molar-refractivity contribution in [2.75, 3.05) is 54.1 Å². The second kappa shape index (κ2) is 27.0. The van der Waals surface area contributed by atoms with E-state index in [4.69, 9.17) is 18.5 Å². The molecule has 0 aliphatic rings. The zero-order valence-electron chi connectivity index (χ0n) is 27.2. The van der Waals surface area contributed by atoms with E-state index in [1.807, 2.05) is 21.1 Å². The lowest BCUT2D eigenvalue weighted by Crippen LogP contribution is -2.37. The van der Waals surface area contributed by atoms with Gasteiger partial charge in [0.15, 0.2) is 0 Å². The van der Waals surface area contributed by atoms with Crippen molar-refractivity contribution in [2.45, 2.75) is 103 Å². The number of ether oxygens (including phenoxy) is 2. The molecule has 0 aromatic rings. The van der Waals surface area contributed by atoms with Crippen LogP contribution >= 0.6 is 7.82 Å². The fraction of sp³-hybridized carbons (Fsp3) is 0.727. The molecule has 0 aliphatic carbocycles. The van der Waals surface area contributed by atoms with Crippen LogP contribution in [0.5, 0.6) is 0 Å². The van der Waals surface area contributed by atoms with Gasteiger partial charge in [0.25, 0.3) is 0 Å². The third kappa shape index (κ3) is 29.9. The summed E-state index contributed by atoms with van der Waals surface area (Å²) in [6.07, 6.45) is 28.9. The SMILES string of the molecule is CC/C=C\C/C=C\C/C=C\C/C=C\CCCOCC(COP(=O)(O)OCC[N+](C)(C)C)OC(=O)CCCCCCCC. The first kappa shape index (κ1) is 40.5. The first-order valence-corrected chi connectivity index (χ1v) is 17.4. The molecule has 0 aromatic carbocycles. The minimum absolute atomic E-state index is 0.0769. The number of hydrogen-bond acceptors (Lipinski definition) is 6. The Morgan fingerprint density at radius 3 is 1.98 bits per heavy atom. The molecule has 2 unspecified atom stereocenters. The van der Waals surface area contributed by atoms with Gasteiger partial charge in [0.1, 0.15) is 19.3 Å². The number of unbranched alkanes of at least 4 members (excludes halogenated alkanes) is 6. The monoisotopic (exact) mass is 614 g/mol. The maximum absolute atomic E-state index is 12.4. The molecule has 0 bridgehead atoms. The van der Waals surface area contributed by atoms with Crippen molar-refractivity contribution in [1.29, 1.82) is 0 Å². The Morgan fingerprint density at radius 1 is 0.762 bits per heavy atom. The average molecular weight is 615 g/mol. The van der Waals surface area contributed by atoms with Crippen LogP contribution in [0.25, 0.3) is 0 Å². The smallest absolute Gasteiger partial charge is 0.457 e. The average Bonchev–Trinajstić information content (AvgIpc) is 2.92. The molecule has 0 saturated carbocycles. The largest absolute Gasteiger partial charge is 0.472 e. The predicted molar refractivity (Wildman–Crippen MR) is 173 cm³/mol. The fourth-order valence-corrected chi connectivity index (χ4v) is 4.41. The highest BCUT2D eigenvalue weighted by Gasteiger charge is 2.26. The molecule has 2 atom stereocenters. The van der Waals surface area contributed by atoms with Gasteiger partial charge in [-0.15, -0.1) is 0 Å². The molecule has 0 aromatic heterocycles. The second-order valence-corrected chi connectivity index (χ2v) is 12.9. The van der Waals surface area contributed by atoms with Crippen LogP contribution in [0, 0.1) is 0 Å². The summed E-state index contributed by atoms with van der Waals surface area (Å²) in [6.45, 7) is 5.25. The summed E-state index contributed by atoms with van der Waals surface area (Å²) < 4.78 is 34.4.